The molecule has 3 saturated carbocycles. The van der Waals surface area contributed by atoms with Gasteiger partial charge < -0.3 is 0 Å². The summed E-state index contributed by atoms with van der Waals surface area (Å²) in [6, 6.07) is 0. The van der Waals surface area contributed by atoms with E-state index in [0.29, 0.717) is 28.8 Å². The van der Waals surface area contributed by atoms with Crippen molar-refractivity contribution in [1.29, 1.82) is 0 Å². The largest absolute Gasteiger partial charge is 0.299 e. The molecule has 3 atom stereocenters. The number of hydrogen-bond donors (Lipinski definition) is 0. The van der Waals surface area contributed by atoms with E-state index >= 15 is 0 Å². The molecule has 3 aliphatic carbocycles. The minimum Gasteiger partial charge on any atom is -0.299 e. The van der Waals surface area contributed by atoms with Crippen molar-refractivity contribution in [2.75, 3.05) is 5.75 Å². The van der Waals surface area contributed by atoms with Crippen LogP contribution in [-0.2, 0) is 9.59 Å². The molecule has 0 N–H and O–H groups in total. The van der Waals surface area contributed by atoms with Gasteiger partial charge in [-0.3, -0.25) is 9.59 Å². The summed E-state index contributed by atoms with van der Waals surface area (Å²) in [5.41, 5.74) is 0.329. The van der Waals surface area contributed by atoms with E-state index in [0.717, 1.165) is 6.42 Å². The van der Waals surface area contributed by atoms with Crippen LogP contribution < -0.4 is 0 Å². The average molecular weight is 226 g/mol. The molecule has 15 heavy (non-hydrogen) atoms. The predicted octanol–water partition coefficient (Wildman–Crippen LogP) is 2.52. The fourth-order valence-electron chi connectivity index (χ4n) is 3.12. The molecule has 3 rings (SSSR count). The summed E-state index contributed by atoms with van der Waals surface area (Å²) in [6.07, 6.45) is 1.94. The number of fused-ring (bicyclic) bond motifs is 2. The van der Waals surface area contributed by atoms with Crippen molar-refractivity contribution in [3.8, 4) is 0 Å². The lowest BCUT2D eigenvalue weighted by atomic mass is 9.45. The van der Waals surface area contributed by atoms with Crippen molar-refractivity contribution >= 4 is 22.7 Å². The van der Waals surface area contributed by atoms with E-state index in [-0.39, 0.29) is 11.0 Å². The monoisotopic (exact) mass is 226 g/mol. The van der Waals surface area contributed by atoms with Crippen LogP contribution in [0.2, 0.25) is 0 Å². The molecule has 0 unspecified atom stereocenters. The summed E-state index contributed by atoms with van der Waals surface area (Å²) >= 11 is 1.31. The Labute approximate surface area is 95.2 Å². The molecule has 0 aliphatic heterocycles. The normalized spacial score (nSPS) is 37.3. The molecule has 3 heteroatoms. The summed E-state index contributed by atoms with van der Waals surface area (Å²) in [6.45, 7) is 6.11. The highest BCUT2D eigenvalue weighted by Crippen LogP contribution is 2.60. The van der Waals surface area contributed by atoms with Crippen LogP contribution in [0.25, 0.3) is 0 Å². The molecule has 2 nitrogen and oxygen atoms in total. The first-order chi connectivity index (χ1) is 6.93. The third-order valence-electron chi connectivity index (χ3n) is 4.36. The second-order valence-corrected chi connectivity index (χ2v) is 6.64. The van der Waals surface area contributed by atoms with Crippen LogP contribution in [0.1, 0.15) is 33.6 Å². The SMILES string of the molecule is CC(=O)SC[C@@H]1C(=O)C[C@H]2C[C@@H]1C2(C)C. The van der Waals surface area contributed by atoms with Crippen molar-refractivity contribution in [3.05, 3.63) is 0 Å². The Hall–Kier alpha value is -0.310. The summed E-state index contributed by atoms with van der Waals surface area (Å²) in [5.74, 6) is 2.36. The molecule has 3 aliphatic rings. The highest BCUT2D eigenvalue weighted by Gasteiger charge is 2.57. The van der Waals surface area contributed by atoms with Gasteiger partial charge in [-0.15, -0.1) is 0 Å². The first-order valence-electron chi connectivity index (χ1n) is 5.59. The Bertz CT molecular complexity index is 309. The number of thioether (sulfide) groups is 1. The van der Waals surface area contributed by atoms with E-state index < -0.39 is 0 Å². The third kappa shape index (κ3) is 1.75. The van der Waals surface area contributed by atoms with E-state index in [1.54, 1.807) is 6.92 Å². The maximum Gasteiger partial charge on any atom is 0.185 e. The lowest BCUT2D eigenvalue weighted by Crippen LogP contribution is -2.56. The molecule has 0 amide bonds. The highest BCUT2D eigenvalue weighted by atomic mass is 32.2. The topological polar surface area (TPSA) is 34.1 Å². The molecule has 3 fully saturated rings. The molecule has 0 aromatic heterocycles. The summed E-state index contributed by atoms with van der Waals surface area (Å²) in [4.78, 5) is 22.7. The van der Waals surface area contributed by atoms with E-state index in [4.69, 9.17) is 0 Å². The maximum atomic E-state index is 11.8. The minimum absolute atomic E-state index is 0.127. The summed E-state index contributed by atoms with van der Waals surface area (Å²) in [7, 11) is 0. The van der Waals surface area contributed by atoms with Crippen LogP contribution in [0.3, 0.4) is 0 Å². The van der Waals surface area contributed by atoms with Gasteiger partial charge in [-0.05, 0) is 23.7 Å². The Kier molecular flexibility index (Phi) is 2.70. The van der Waals surface area contributed by atoms with E-state index in [1.807, 2.05) is 0 Å². The number of ketones is 1. The number of rotatable bonds is 2. The van der Waals surface area contributed by atoms with Crippen molar-refractivity contribution < 1.29 is 9.59 Å². The van der Waals surface area contributed by atoms with Crippen LogP contribution in [0.15, 0.2) is 0 Å². The Morgan fingerprint density at radius 3 is 2.73 bits per heavy atom. The summed E-state index contributed by atoms with van der Waals surface area (Å²) < 4.78 is 0. The lowest BCUT2D eigenvalue weighted by molar-refractivity contribution is -0.152. The number of Topliss-reactive ketones (excluding diaryl/α,β-unsaturated/α-hetero) is 1. The van der Waals surface area contributed by atoms with Crippen molar-refractivity contribution in [2.24, 2.45) is 23.2 Å². The number of carbonyl (C=O) groups is 2. The molecule has 0 heterocycles. The van der Waals surface area contributed by atoms with Crippen molar-refractivity contribution in [2.45, 2.75) is 33.6 Å². The van der Waals surface area contributed by atoms with Gasteiger partial charge in [-0.2, -0.15) is 0 Å². The Morgan fingerprint density at radius 2 is 2.20 bits per heavy atom. The molecule has 84 valence electrons. The number of carbonyl (C=O) groups excluding carboxylic acids is 2. The molecule has 0 aromatic carbocycles. The first kappa shape index (κ1) is 11.2. The molecule has 0 radical (unpaired) electrons. The molecule has 0 spiro atoms. The quantitative estimate of drug-likeness (QED) is 0.725. The highest BCUT2D eigenvalue weighted by molar-refractivity contribution is 8.13. The first-order valence-corrected chi connectivity index (χ1v) is 6.57. The third-order valence-corrected chi connectivity index (χ3v) is 5.29. The second-order valence-electron chi connectivity index (χ2n) is 5.44. The van der Waals surface area contributed by atoms with Gasteiger partial charge in [0.1, 0.15) is 5.78 Å². The van der Waals surface area contributed by atoms with Gasteiger partial charge >= 0.3 is 0 Å². The fourth-order valence-corrected chi connectivity index (χ4v) is 3.95. The predicted molar refractivity (Wildman–Crippen MR) is 61.6 cm³/mol. The van der Waals surface area contributed by atoms with Gasteiger partial charge in [0.15, 0.2) is 5.12 Å². The Morgan fingerprint density at radius 1 is 1.53 bits per heavy atom. The van der Waals surface area contributed by atoms with Gasteiger partial charge in [0.05, 0.1) is 0 Å². The van der Waals surface area contributed by atoms with E-state index in [1.165, 1.54) is 18.2 Å². The lowest BCUT2D eigenvalue weighted by Gasteiger charge is -2.59. The van der Waals surface area contributed by atoms with Crippen LogP contribution in [0.5, 0.6) is 0 Å². The van der Waals surface area contributed by atoms with E-state index in [9.17, 15) is 9.59 Å². The minimum atomic E-state index is 0.127. The fraction of sp³-hybridized carbons (Fsp3) is 0.833. The molecule has 2 bridgehead atoms. The van der Waals surface area contributed by atoms with Crippen molar-refractivity contribution in [3.63, 3.8) is 0 Å². The zero-order valence-corrected chi connectivity index (χ0v) is 10.4. The average Bonchev–Trinajstić information content (AvgIpc) is 2.15. The molecular formula is C12H18O2S. The van der Waals surface area contributed by atoms with Crippen LogP contribution in [-0.4, -0.2) is 16.7 Å². The summed E-state index contributed by atoms with van der Waals surface area (Å²) in [5, 5.41) is 0.127. The van der Waals surface area contributed by atoms with Crippen LogP contribution >= 0.6 is 11.8 Å². The van der Waals surface area contributed by atoms with Crippen molar-refractivity contribution in [1.82, 2.24) is 0 Å². The Balaban J connectivity index is 2.03. The maximum absolute atomic E-state index is 11.8. The molecule has 0 aromatic rings. The van der Waals surface area contributed by atoms with Gasteiger partial charge in [0.25, 0.3) is 0 Å². The zero-order chi connectivity index (χ0) is 11.2. The van der Waals surface area contributed by atoms with Crippen LogP contribution in [0.4, 0.5) is 0 Å². The van der Waals surface area contributed by atoms with Gasteiger partial charge in [-0.25, -0.2) is 0 Å². The van der Waals surface area contributed by atoms with Gasteiger partial charge in [0, 0.05) is 25.0 Å². The zero-order valence-electron chi connectivity index (χ0n) is 9.58. The van der Waals surface area contributed by atoms with E-state index in [2.05, 4.69) is 13.8 Å². The molecule has 0 saturated heterocycles. The second kappa shape index (κ2) is 3.62. The number of hydrogen-bond acceptors (Lipinski definition) is 3. The smallest absolute Gasteiger partial charge is 0.185 e. The van der Waals surface area contributed by atoms with Crippen LogP contribution in [0, 0.1) is 23.2 Å². The van der Waals surface area contributed by atoms with Gasteiger partial charge in [0.2, 0.25) is 0 Å². The standard InChI is InChI=1S/C12H18O2S/c1-7(13)15-6-9-10-4-8(5-11(9)14)12(10,2)3/h8-10H,4-6H2,1-3H3/t8-,9+,10+/m1/s1. The van der Waals surface area contributed by atoms with Gasteiger partial charge in [-0.1, -0.05) is 25.6 Å². The molecular weight excluding hydrogens is 208 g/mol.